The third-order valence-corrected chi connectivity index (χ3v) is 5.93. The van der Waals surface area contributed by atoms with Crippen LogP contribution in [0.2, 0.25) is 0 Å². The number of esters is 1. The molecule has 2 aromatic carbocycles. The second-order valence-electron chi connectivity index (χ2n) is 7.06. The number of ether oxygens (including phenoxy) is 1. The van der Waals surface area contributed by atoms with Crippen molar-refractivity contribution in [2.75, 3.05) is 24.5 Å². The number of rotatable bonds is 8. The Morgan fingerprint density at radius 1 is 1.00 bits per heavy atom. The van der Waals surface area contributed by atoms with Gasteiger partial charge in [-0.1, -0.05) is 32.0 Å². The summed E-state index contributed by atoms with van der Waals surface area (Å²) in [6, 6.07) is 13.0. The van der Waals surface area contributed by atoms with Gasteiger partial charge in [0.15, 0.2) is 6.61 Å². The van der Waals surface area contributed by atoms with Gasteiger partial charge in [-0.25, -0.2) is 18.0 Å². The zero-order chi connectivity index (χ0) is 23.0. The molecular formula is C21H25N3O6S. The molecule has 2 N–H and O–H groups in total. The fourth-order valence-electron chi connectivity index (χ4n) is 2.42. The van der Waals surface area contributed by atoms with Gasteiger partial charge in [0.25, 0.3) is 15.9 Å². The Kier molecular flexibility index (Phi) is 8.14. The van der Waals surface area contributed by atoms with Crippen LogP contribution in [0.3, 0.4) is 0 Å². The van der Waals surface area contributed by atoms with E-state index in [-0.39, 0.29) is 16.4 Å². The number of urea groups is 1. The number of amides is 3. The Morgan fingerprint density at radius 2 is 1.61 bits per heavy atom. The molecule has 0 aliphatic heterocycles. The van der Waals surface area contributed by atoms with Gasteiger partial charge >= 0.3 is 12.0 Å². The summed E-state index contributed by atoms with van der Waals surface area (Å²) in [7, 11) is -2.38. The fraction of sp³-hybridized carbons (Fsp3) is 0.286. The zero-order valence-corrected chi connectivity index (χ0v) is 18.3. The molecule has 0 unspecified atom stereocenters. The Hall–Kier alpha value is -3.40. The van der Waals surface area contributed by atoms with E-state index in [9.17, 15) is 22.8 Å². The summed E-state index contributed by atoms with van der Waals surface area (Å²) < 4.78 is 31.5. The Bertz CT molecular complexity index is 1020. The summed E-state index contributed by atoms with van der Waals surface area (Å²) in [6.07, 6.45) is 0. The van der Waals surface area contributed by atoms with Crippen LogP contribution in [0.5, 0.6) is 0 Å². The lowest BCUT2D eigenvalue weighted by Gasteiger charge is -2.19. The highest BCUT2D eigenvalue weighted by molar-refractivity contribution is 7.92. The van der Waals surface area contributed by atoms with E-state index in [1.54, 1.807) is 30.3 Å². The third kappa shape index (κ3) is 6.82. The number of carbonyl (C=O) groups excluding carboxylic acids is 3. The summed E-state index contributed by atoms with van der Waals surface area (Å²) in [4.78, 5) is 35.3. The first-order chi connectivity index (χ1) is 14.6. The minimum Gasteiger partial charge on any atom is -0.452 e. The highest BCUT2D eigenvalue weighted by Gasteiger charge is 2.22. The van der Waals surface area contributed by atoms with Crippen molar-refractivity contribution >= 4 is 33.6 Å². The topological polar surface area (TPSA) is 122 Å². The Morgan fingerprint density at radius 3 is 2.19 bits per heavy atom. The summed E-state index contributed by atoms with van der Waals surface area (Å²) in [6.45, 7) is 3.55. The minimum atomic E-state index is -3.81. The molecule has 0 radical (unpaired) electrons. The van der Waals surface area contributed by atoms with Crippen molar-refractivity contribution in [2.45, 2.75) is 18.7 Å². The minimum absolute atomic E-state index is 0.00466. The van der Waals surface area contributed by atoms with Gasteiger partial charge in [0.1, 0.15) is 0 Å². The smallest absolute Gasteiger partial charge is 0.338 e. The fourth-order valence-corrected chi connectivity index (χ4v) is 3.61. The number of sulfonamides is 1. The van der Waals surface area contributed by atoms with E-state index in [1.807, 2.05) is 19.2 Å². The lowest BCUT2D eigenvalue weighted by atomic mass is 10.2. The van der Waals surface area contributed by atoms with E-state index in [2.05, 4.69) is 5.32 Å². The lowest BCUT2D eigenvalue weighted by molar-refractivity contribution is -0.123. The quantitative estimate of drug-likeness (QED) is 0.598. The summed E-state index contributed by atoms with van der Waals surface area (Å²) in [5, 5.41) is 4.55. The molecule has 2 rings (SSSR count). The Balaban J connectivity index is 1.94. The van der Waals surface area contributed by atoms with Crippen molar-refractivity contribution in [2.24, 2.45) is 5.92 Å². The predicted octanol–water partition coefficient (Wildman–Crippen LogP) is 2.15. The lowest BCUT2D eigenvalue weighted by Crippen LogP contribution is -2.42. The standard InChI is InChI=1S/C21H25N3O6S/c1-15(2)13-22-21(27)23-19(25)14-30-20(26)16-9-11-18(12-10-16)31(28,29)24(3)17-7-5-4-6-8-17/h4-12,15H,13-14H2,1-3H3,(H2,22,23,25,27). The van der Waals surface area contributed by atoms with Gasteiger partial charge in [0.2, 0.25) is 0 Å². The molecule has 2 aromatic rings. The van der Waals surface area contributed by atoms with E-state index in [0.717, 1.165) is 4.31 Å². The number of hydrogen-bond acceptors (Lipinski definition) is 6. The number of benzene rings is 2. The molecule has 0 saturated heterocycles. The number of anilines is 1. The average molecular weight is 448 g/mol. The van der Waals surface area contributed by atoms with Crippen molar-refractivity contribution in [3.8, 4) is 0 Å². The van der Waals surface area contributed by atoms with Gasteiger partial charge < -0.3 is 10.1 Å². The number of nitrogens with zero attached hydrogens (tertiary/aromatic N) is 1. The van der Waals surface area contributed by atoms with Crippen LogP contribution in [0.25, 0.3) is 0 Å². The normalized spacial score (nSPS) is 11.0. The summed E-state index contributed by atoms with van der Waals surface area (Å²) >= 11 is 0. The molecule has 0 aromatic heterocycles. The maximum absolute atomic E-state index is 12.7. The van der Waals surface area contributed by atoms with Crippen LogP contribution in [0.1, 0.15) is 24.2 Å². The first-order valence-electron chi connectivity index (χ1n) is 9.50. The van der Waals surface area contributed by atoms with Crippen LogP contribution in [0, 0.1) is 5.92 Å². The van der Waals surface area contributed by atoms with Crippen molar-refractivity contribution in [3.05, 3.63) is 60.2 Å². The molecule has 10 heteroatoms. The molecule has 0 spiro atoms. The van der Waals surface area contributed by atoms with E-state index in [0.29, 0.717) is 12.2 Å². The number of nitrogens with one attached hydrogen (secondary N) is 2. The van der Waals surface area contributed by atoms with Gasteiger partial charge in [-0.15, -0.1) is 0 Å². The molecule has 0 aliphatic rings. The van der Waals surface area contributed by atoms with Crippen LogP contribution in [-0.2, 0) is 19.6 Å². The molecule has 9 nitrogen and oxygen atoms in total. The SMILES string of the molecule is CC(C)CNC(=O)NC(=O)COC(=O)c1ccc(S(=O)(=O)N(C)c2ccccc2)cc1. The molecule has 0 aliphatic carbocycles. The number of imide groups is 1. The molecule has 0 heterocycles. The highest BCUT2D eigenvalue weighted by Crippen LogP contribution is 2.22. The van der Waals surface area contributed by atoms with Crippen molar-refractivity contribution in [3.63, 3.8) is 0 Å². The Labute approximate surface area is 181 Å². The second-order valence-corrected chi connectivity index (χ2v) is 9.03. The second kappa shape index (κ2) is 10.6. The molecule has 0 fully saturated rings. The maximum atomic E-state index is 12.7. The summed E-state index contributed by atoms with van der Waals surface area (Å²) in [5.41, 5.74) is 0.563. The molecule has 166 valence electrons. The van der Waals surface area contributed by atoms with Crippen molar-refractivity contribution in [1.29, 1.82) is 0 Å². The molecule has 0 bridgehead atoms. The van der Waals surface area contributed by atoms with Gasteiger partial charge in [0, 0.05) is 13.6 Å². The maximum Gasteiger partial charge on any atom is 0.338 e. The zero-order valence-electron chi connectivity index (χ0n) is 17.5. The van der Waals surface area contributed by atoms with Gasteiger partial charge in [-0.3, -0.25) is 14.4 Å². The first kappa shape index (κ1) is 23.9. The van der Waals surface area contributed by atoms with Crippen molar-refractivity contribution < 1.29 is 27.5 Å². The van der Waals surface area contributed by atoms with E-state index >= 15 is 0 Å². The van der Waals surface area contributed by atoms with Crippen LogP contribution in [0.4, 0.5) is 10.5 Å². The van der Waals surface area contributed by atoms with Crippen molar-refractivity contribution in [1.82, 2.24) is 10.6 Å². The van der Waals surface area contributed by atoms with E-state index in [1.165, 1.54) is 31.3 Å². The van der Waals surface area contributed by atoms with Crippen LogP contribution >= 0.6 is 0 Å². The van der Waals surface area contributed by atoms with Gasteiger partial charge in [-0.2, -0.15) is 0 Å². The van der Waals surface area contributed by atoms with Crippen LogP contribution in [-0.4, -0.2) is 46.5 Å². The van der Waals surface area contributed by atoms with Gasteiger partial charge in [-0.05, 0) is 42.3 Å². The average Bonchev–Trinajstić information content (AvgIpc) is 2.76. The third-order valence-electron chi connectivity index (χ3n) is 4.13. The predicted molar refractivity (Wildman–Crippen MR) is 115 cm³/mol. The molecular weight excluding hydrogens is 422 g/mol. The van der Waals surface area contributed by atoms with Gasteiger partial charge in [0.05, 0.1) is 16.1 Å². The molecule has 3 amide bonds. The molecule has 0 atom stereocenters. The number of carbonyl (C=O) groups is 3. The van der Waals surface area contributed by atoms with Crippen LogP contribution in [0.15, 0.2) is 59.5 Å². The number of para-hydroxylation sites is 1. The van der Waals surface area contributed by atoms with Crippen LogP contribution < -0.4 is 14.9 Å². The van der Waals surface area contributed by atoms with E-state index in [4.69, 9.17) is 4.74 Å². The summed E-state index contributed by atoms with van der Waals surface area (Å²) in [5.74, 6) is -1.38. The largest absolute Gasteiger partial charge is 0.452 e. The number of hydrogen-bond donors (Lipinski definition) is 2. The van der Waals surface area contributed by atoms with E-state index < -0.39 is 34.5 Å². The molecule has 31 heavy (non-hydrogen) atoms. The monoisotopic (exact) mass is 447 g/mol. The first-order valence-corrected chi connectivity index (χ1v) is 10.9. The highest BCUT2D eigenvalue weighted by atomic mass is 32.2. The molecule has 0 saturated carbocycles.